The van der Waals surface area contributed by atoms with E-state index in [1.165, 1.54) is 10.7 Å². The second-order valence-electron chi connectivity index (χ2n) is 6.45. The van der Waals surface area contributed by atoms with Gasteiger partial charge in [-0.3, -0.25) is 9.59 Å². The number of carbonyl (C=O) groups excluding carboxylic acids is 2. The largest absolute Gasteiger partial charge is 0.321 e. The minimum absolute atomic E-state index is 0.160. The topological polar surface area (TPSA) is 99.8 Å². The summed E-state index contributed by atoms with van der Waals surface area (Å²) in [5.41, 5.74) is 1.93. The molecule has 0 fully saturated rings. The van der Waals surface area contributed by atoms with Crippen LogP contribution in [-0.4, -0.2) is 21.6 Å². The highest BCUT2D eigenvalue weighted by atomic mass is 16.2. The molecule has 3 aromatic rings. The van der Waals surface area contributed by atoms with Gasteiger partial charge in [0.25, 0.3) is 5.91 Å². The van der Waals surface area contributed by atoms with Gasteiger partial charge in [0, 0.05) is 17.7 Å². The van der Waals surface area contributed by atoms with Gasteiger partial charge < -0.3 is 10.6 Å². The minimum atomic E-state index is -0.417. The molecule has 1 aromatic heterocycles. The van der Waals surface area contributed by atoms with Gasteiger partial charge in [-0.05, 0) is 36.4 Å². The molecule has 7 nitrogen and oxygen atoms in total. The maximum atomic E-state index is 12.6. The van der Waals surface area contributed by atoms with Gasteiger partial charge in [-0.25, -0.2) is 4.68 Å². The van der Waals surface area contributed by atoms with Crippen LogP contribution in [0.3, 0.4) is 0 Å². The monoisotopic (exact) mass is 373 g/mol. The molecule has 28 heavy (non-hydrogen) atoms. The van der Waals surface area contributed by atoms with E-state index in [1.54, 1.807) is 38.1 Å². The SMILES string of the molecule is CC(C)C(=O)Nc1cc(C(=O)Nc2ccc(C#N)cc2)nn1-c1ccccc1. The average molecular weight is 373 g/mol. The Morgan fingerprint density at radius 3 is 2.32 bits per heavy atom. The van der Waals surface area contributed by atoms with Crippen LogP contribution in [0.15, 0.2) is 60.7 Å². The summed E-state index contributed by atoms with van der Waals surface area (Å²) >= 11 is 0. The van der Waals surface area contributed by atoms with Crippen molar-refractivity contribution in [2.24, 2.45) is 5.92 Å². The predicted molar refractivity (Wildman–Crippen MR) is 106 cm³/mol. The fraction of sp³-hybridized carbons (Fsp3) is 0.143. The summed E-state index contributed by atoms with van der Waals surface area (Å²) in [6.07, 6.45) is 0. The van der Waals surface area contributed by atoms with Crippen molar-refractivity contribution in [3.8, 4) is 11.8 Å². The molecule has 0 aliphatic heterocycles. The third-order valence-corrected chi connectivity index (χ3v) is 3.99. The molecule has 0 bridgehead atoms. The lowest BCUT2D eigenvalue weighted by molar-refractivity contribution is -0.118. The Balaban J connectivity index is 1.90. The van der Waals surface area contributed by atoms with Gasteiger partial charge >= 0.3 is 0 Å². The summed E-state index contributed by atoms with van der Waals surface area (Å²) in [5.74, 6) is -0.388. The summed E-state index contributed by atoms with van der Waals surface area (Å²) in [4.78, 5) is 24.8. The summed E-state index contributed by atoms with van der Waals surface area (Å²) in [6.45, 7) is 3.58. The first-order chi connectivity index (χ1) is 13.5. The van der Waals surface area contributed by atoms with Crippen molar-refractivity contribution in [3.05, 3.63) is 71.9 Å². The van der Waals surface area contributed by atoms with Crippen molar-refractivity contribution >= 4 is 23.3 Å². The molecule has 0 spiro atoms. The lowest BCUT2D eigenvalue weighted by atomic mass is 10.2. The van der Waals surface area contributed by atoms with Crippen LogP contribution in [0.25, 0.3) is 5.69 Å². The van der Waals surface area contributed by atoms with Crippen LogP contribution >= 0.6 is 0 Å². The van der Waals surface area contributed by atoms with Crippen LogP contribution < -0.4 is 10.6 Å². The lowest BCUT2D eigenvalue weighted by Crippen LogP contribution is -2.19. The number of hydrogen-bond donors (Lipinski definition) is 2. The molecule has 140 valence electrons. The number of carbonyl (C=O) groups is 2. The first kappa shape index (κ1) is 18.9. The molecule has 2 amide bonds. The first-order valence-corrected chi connectivity index (χ1v) is 8.76. The van der Waals surface area contributed by atoms with Crippen LogP contribution in [0.2, 0.25) is 0 Å². The first-order valence-electron chi connectivity index (χ1n) is 8.76. The van der Waals surface area contributed by atoms with Gasteiger partial charge in [0.05, 0.1) is 17.3 Å². The van der Waals surface area contributed by atoms with Crippen molar-refractivity contribution in [1.82, 2.24) is 9.78 Å². The molecule has 0 atom stereocenters. The third kappa shape index (κ3) is 4.24. The Morgan fingerprint density at radius 2 is 1.71 bits per heavy atom. The number of hydrogen-bond acceptors (Lipinski definition) is 4. The smallest absolute Gasteiger partial charge is 0.276 e. The molecule has 2 N–H and O–H groups in total. The van der Waals surface area contributed by atoms with Crippen LogP contribution in [0, 0.1) is 17.2 Å². The minimum Gasteiger partial charge on any atom is -0.321 e. The second-order valence-corrected chi connectivity index (χ2v) is 6.45. The van der Waals surface area contributed by atoms with Crippen LogP contribution in [-0.2, 0) is 4.79 Å². The molecule has 7 heteroatoms. The Hall–Kier alpha value is -3.92. The van der Waals surface area contributed by atoms with Gasteiger partial charge in [0.15, 0.2) is 5.69 Å². The Labute approximate surface area is 162 Å². The summed E-state index contributed by atoms with van der Waals surface area (Å²) in [5, 5.41) is 18.8. The molecule has 1 heterocycles. The fourth-order valence-electron chi connectivity index (χ4n) is 2.44. The Kier molecular flexibility index (Phi) is 5.51. The van der Waals surface area contributed by atoms with E-state index in [1.807, 2.05) is 36.4 Å². The number of para-hydroxylation sites is 1. The Morgan fingerprint density at radius 1 is 1.04 bits per heavy atom. The van der Waals surface area contributed by atoms with Gasteiger partial charge in [-0.1, -0.05) is 32.0 Å². The molecule has 0 aliphatic rings. The van der Waals surface area contributed by atoms with Crippen molar-refractivity contribution in [3.63, 3.8) is 0 Å². The molecule has 0 saturated heterocycles. The summed E-state index contributed by atoms with van der Waals surface area (Å²) in [7, 11) is 0. The standard InChI is InChI=1S/C21H19N5O2/c1-14(2)20(27)24-19-12-18(25-26(19)17-6-4-3-5-7-17)21(28)23-16-10-8-15(13-22)9-11-16/h3-12,14H,1-2H3,(H,23,28)(H,24,27). The number of rotatable bonds is 5. The molecule has 3 rings (SSSR count). The number of nitrogens with zero attached hydrogens (tertiary/aromatic N) is 3. The van der Waals surface area contributed by atoms with Gasteiger partial charge in [-0.15, -0.1) is 0 Å². The van der Waals surface area contributed by atoms with E-state index in [0.717, 1.165) is 5.69 Å². The predicted octanol–water partition coefficient (Wildman–Crippen LogP) is 3.59. The van der Waals surface area contributed by atoms with Crippen molar-refractivity contribution in [2.75, 3.05) is 10.6 Å². The normalized spacial score (nSPS) is 10.4. The van der Waals surface area contributed by atoms with E-state index in [-0.39, 0.29) is 17.5 Å². The van der Waals surface area contributed by atoms with Crippen molar-refractivity contribution < 1.29 is 9.59 Å². The van der Waals surface area contributed by atoms with E-state index >= 15 is 0 Å². The quantitative estimate of drug-likeness (QED) is 0.714. The van der Waals surface area contributed by atoms with E-state index in [4.69, 9.17) is 5.26 Å². The zero-order chi connectivity index (χ0) is 20.1. The van der Waals surface area contributed by atoms with E-state index in [2.05, 4.69) is 15.7 Å². The molecule has 2 aromatic carbocycles. The highest BCUT2D eigenvalue weighted by Crippen LogP contribution is 2.19. The van der Waals surface area contributed by atoms with Crippen LogP contribution in [0.4, 0.5) is 11.5 Å². The molecule has 0 radical (unpaired) electrons. The molecular weight excluding hydrogens is 354 g/mol. The molecule has 0 aliphatic carbocycles. The fourth-order valence-corrected chi connectivity index (χ4v) is 2.44. The van der Waals surface area contributed by atoms with Gasteiger partial charge in [0.2, 0.25) is 5.91 Å². The number of amides is 2. The highest BCUT2D eigenvalue weighted by Gasteiger charge is 2.18. The maximum absolute atomic E-state index is 12.6. The van der Waals surface area contributed by atoms with Gasteiger partial charge in [0.1, 0.15) is 5.82 Å². The number of nitriles is 1. The average Bonchev–Trinajstić information content (AvgIpc) is 3.13. The zero-order valence-corrected chi connectivity index (χ0v) is 15.5. The van der Waals surface area contributed by atoms with Gasteiger partial charge in [-0.2, -0.15) is 10.4 Å². The number of nitrogens with one attached hydrogen (secondary N) is 2. The zero-order valence-electron chi connectivity index (χ0n) is 15.5. The maximum Gasteiger partial charge on any atom is 0.276 e. The van der Waals surface area contributed by atoms with Crippen molar-refractivity contribution in [2.45, 2.75) is 13.8 Å². The number of aromatic nitrogens is 2. The van der Waals surface area contributed by atoms with E-state index < -0.39 is 5.91 Å². The number of benzene rings is 2. The third-order valence-electron chi connectivity index (χ3n) is 3.99. The highest BCUT2D eigenvalue weighted by molar-refractivity contribution is 6.04. The molecule has 0 unspecified atom stereocenters. The van der Waals surface area contributed by atoms with Crippen LogP contribution in [0.5, 0.6) is 0 Å². The number of anilines is 2. The Bertz CT molecular complexity index is 1030. The lowest BCUT2D eigenvalue weighted by Gasteiger charge is -2.10. The molecular formula is C21H19N5O2. The van der Waals surface area contributed by atoms with Crippen molar-refractivity contribution in [1.29, 1.82) is 5.26 Å². The second kappa shape index (κ2) is 8.18. The van der Waals surface area contributed by atoms with E-state index in [0.29, 0.717) is 17.1 Å². The van der Waals surface area contributed by atoms with Crippen LogP contribution in [0.1, 0.15) is 29.9 Å². The van der Waals surface area contributed by atoms with E-state index in [9.17, 15) is 9.59 Å². The summed E-state index contributed by atoms with van der Waals surface area (Å²) < 4.78 is 1.52. The summed E-state index contributed by atoms with van der Waals surface area (Å²) in [6, 6.07) is 19.3. The molecule has 0 saturated carbocycles.